The predicted molar refractivity (Wildman–Crippen MR) is 79.5 cm³/mol. The van der Waals surface area contributed by atoms with Crippen LogP contribution in [0.3, 0.4) is 0 Å². The standard InChI is InChI=1S/C16H18N4O3/c1-10-18-16(23-19-10)13-9-22-14-8-20(7-12(13)14)15(21)6-11-4-2-3-5-17-11/h2-5,12-14H,6-9H2,1H3/t12-,13+,14-/m0/s1. The lowest BCUT2D eigenvalue weighted by Crippen LogP contribution is -2.32. The van der Waals surface area contributed by atoms with Gasteiger partial charge in [-0.2, -0.15) is 4.98 Å². The number of carbonyl (C=O) groups excluding carboxylic acids is 1. The van der Waals surface area contributed by atoms with E-state index in [1.165, 1.54) is 0 Å². The maximum atomic E-state index is 12.5. The van der Waals surface area contributed by atoms with Gasteiger partial charge in [0.05, 0.1) is 25.0 Å². The van der Waals surface area contributed by atoms with E-state index in [-0.39, 0.29) is 23.8 Å². The quantitative estimate of drug-likeness (QED) is 0.839. The molecule has 1 amide bonds. The Hall–Kier alpha value is -2.28. The summed E-state index contributed by atoms with van der Waals surface area (Å²) < 4.78 is 11.1. The molecule has 4 rings (SSSR count). The van der Waals surface area contributed by atoms with Crippen molar-refractivity contribution in [3.8, 4) is 0 Å². The fourth-order valence-corrected chi connectivity index (χ4v) is 3.40. The third-order valence-corrected chi connectivity index (χ3v) is 4.59. The van der Waals surface area contributed by atoms with Crippen molar-refractivity contribution in [1.82, 2.24) is 20.0 Å². The maximum Gasteiger partial charge on any atom is 0.232 e. The van der Waals surface area contributed by atoms with Gasteiger partial charge < -0.3 is 14.2 Å². The van der Waals surface area contributed by atoms with E-state index in [1.807, 2.05) is 23.1 Å². The number of aromatic nitrogens is 3. The number of hydrogen-bond acceptors (Lipinski definition) is 6. The average Bonchev–Trinajstić information content (AvgIpc) is 3.23. The highest BCUT2D eigenvalue weighted by atomic mass is 16.5. The van der Waals surface area contributed by atoms with Crippen LogP contribution in [0.2, 0.25) is 0 Å². The van der Waals surface area contributed by atoms with Crippen LogP contribution < -0.4 is 0 Å². The lowest BCUT2D eigenvalue weighted by atomic mass is 9.93. The Morgan fingerprint density at radius 1 is 1.39 bits per heavy atom. The fraction of sp³-hybridized carbons (Fsp3) is 0.500. The third-order valence-electron chi connectivity index (χ3n) is 4.59. The summed E-state index contributed by atoms with van der Waals surface area (Å²) in [6.07, 6.45) is 2.09. The van der Waals surface area contributed by atoms with Crippen molar-refractivity contribution >= 4 is 5.91 Å². The minimum Gasteiger partial charge on any atom is -0.375 e. The normalized spacial score (nSPS) is 26.5. The summed E-state index contributed by atoms with van der Waals surface area (Å²) in [7, 11) is 0. The van der Waals surface area contributed by atoms with Gasteiger partial charge in [-0.05, 0) is 19.1 Å². The van der Waals surface area contributed by atoms with E-state index in [4.69, 9.17) is 9.26 Å². The molecule has 23 heavy (non-hydrogen) atoms. The van der Waals surface area contributed by atoms with Crippen LogP contribution in [0.25, 0.3) is 0 Å². The molecular weight excluding hydrogens is 296 g/mol. The van der Waals surface area contributed by atoms with Crippen molar-refractivity contribution in [3.63, 3.8) is 0 Å². The first-order chi connectivity index (χ1) is 11.2. The van der Waals surface area contributed by atoms with Crippen molar-refractivity contribution in [2.24, 2.45) is 5.92 Å². The number of nitrogens with zero attached hydrogens (tertiary/aromatic N) is 4. The minimum absolute atomic E-state index is 0.0555. The van der Waals surface area contributed by atoms with Crippen LogP contribution >= 0.6 is 0 Å². The van der Waals surface area contributed by atoms with Crippen LogP contribution in [0.4, 0.5) is 0 Å². The van der Waals surface area contributed by atoms with E-state index in [9.17, 15) is 4.79 Å². The number of pyridine rings is 1. The van der Waals surface area contributed by atoms with Crippen molar-refractivity contribution in [2.45, 2.75) is 25.4 Å². The first-order valence-electron chi connectivity index (χ1n) is 7.80. The second-order valence-corrected chi connectivity index (χ2v) is 6.12. The highest BCUT2D eigenvalue weighted by Crippen LogP contribution is 2.39. The summed E-state index contributed by atoms with van der Waals surface area (Å²) >= 11 is 0. The van der Waals surface area contributed by atoms with Gasteiger partial charge in [0.25, 0.3) is 0 Å². The SMILES string of the molecule is Cc1noc([C@@H]2CO[C@H]3CN(C(=O)Cc4ccccn4)C[C@H]32)n1. The van der Waals surface area contributed by atoms with Gasteiger partial charge in [-0.15, -0.1) is 0 Å². The van der Waals surface area contributed by atoms with Gasteiger partial charge in [-0.3, -0.25) is 9.78 Å². The maximum absolute atomic E-state index is 12.5. The minimum atomic E-state index is 0.0555. The van der Waals surface area contributed by atoms with Gasteiger partial charge in [0.2, 0.25) is 11.8 Å². The molecule has 7 nitrogen and oxygen atoms in total. The van der Waals surface area contributed by atoms with Gasteiger partial charge in [-0.25, -0.2) is 0 Å². The Labute approximate surface area is 133 Å². The van der Waals surface area contributed by atoms with Gasteiger partial charge in [0, 0.05) is 30.9 Å². The van der Waals surface area contributed by atoms with E-state index in [0.717, 1.165) is 5.69 Å². The molecule has 0 aliphatic carbocycles. The fourth-order valence-electron chi connectivity index (χ4n) is 3.40. The molecule has 3 atom stereocenters. The Morgan fingerprint density at radius 3 is 3.04 bits per heavy atom. The molecule has 0 saturated carbocycles. The third kappa shape index (κ3) is 2.72. The zero-order chi connectivity index (χ0) is 15.8. The molecule has 2 saturated heterocycles. The van der Waals surface area contributed by atoms with Crippen LogP contribution in [-0.4, -0.2) is 51.7 Å². The van der Waals surface area contributed by atoms with Crippen molar-refractivity contribution < 1.29 is 14.1 Å². The number of rotatable bonds is 3. The molecule has 0 bridgehead atoms. The average molecular weight is 314 g/mol. The Kier molecular flexibility index (Phi) is 3.57. The lowest BCUT2D eigenvalue weighted by molar-refractivity contribution is -0.130. The number of amides is 1. The molecule has 0 unspecified atom stereocenters. The van der Waals surface area contributed by atoms with E-state index in [1.54, 1.807) is 13.1 Å². The van der Waals surface area contributed by atoms with Gasteiger partial charge in [-0.1, -0.05) is 11.2 Å². The molecule has 0 aromatic carbocycles. The summed E-state index contributed by atoms with van der Waals surface area (Å²) in [5.74, 6) is 1.64. The number of likely N-dealkylation sites (tertiary alicyclic amines) is 1. The Bertz CT molecular complexity index is 702. The van der Waals surface area contributed by atoms with Crippen LogP contribution in [0, 0.1) is 12.8 Å². The lowest BCUT2D eigenvalue weighted by Gasteiger charge is -2.18. The molecule has 7 heteroatoms. The Balaban J connectivity index is 1.43. The number of fused-ring (bicyclic) bond motifs is 1. The van der Waals surface area contributed by atoms with Crippen molar-refractivity contribution in [3.05, 3.63) is 41.8 Å². The Morgan fingerprint density at radius 2 is 2.30 bits per heavy atom. The number of ether oxygens (including phenoxy) is 1. The zero-order valence-electron chi connectivity index (χ0n) is 12.9. The molecule has 120 valence electrons. The van der Waals surface area contributed by atoms with E-state index in [0.29, 0.717) is 37.8 Å². The molecule has 0 N–H and O–H groups in total. The topological polar surface area (TPSA) is 81.4 Å². The number of hydrogen-bond donors (Lipinski definition) is 0. The first-order valence-corrected chi connectivity index (χ1v) is 7.80. The van der Waals surface area contributed by atoms with Gasteiger partial charge in [0.15, 0.2) is 5.82 Å². The highest BCUT2D eigenvalue weighted by molar-refractivity contribution is 5.78. The summed E-state index contributed by atoms with van der Waals surface area (Å²) in [6, 6.07) is 5.61. The molecule has 2 aliphatic rings. The van der Waals surface area contributed by atoms with Crippen LogP contribution in [0.15, 0.2) is 28.9 Å². The molecule has 2 aromatic rings. The van der Waals surface area contributed by atoms with Crippen LogP contribution in [0.5, 0.6) is 0 Å². The highest BCUT2D eigenvalue weighted by Gasteiger charge is 2.47. The zero-order valence-corrected chi connectivity index (χ0v) is 12.9. The van der Waals surface area contributed by atoms with Gasteiger partial charge >= 0.3 is 0 Å². The largest absolute Gasteiger partial charge is 0.375 e. The molecule has 2 aromatic heterocycles. The van der Waals surface area contributed by atoms with E-state index < -0.39 is 0 Å². The molecule has 0 spiro atoms. The second kappa shape index (κ2) is 5.73. The second-order valence-electron chi connectivity index (χ2n) is 6.12. The molecule has 2 fully saturated rings. The summed E-state index contributed by atoms with van der Waals surface area (Å²) in [5, 5.41) is 3.85. The van der Waals surface area contributed by atoms with Crippen molar-refractivity contribution in [2.75, 3.05) is 19.7 Å². The summed E-state index contributed by atoms with van der Waals surface area (Å²) in [4.78, 5) is 22.9. The first kappa shape index (κ1) is 14.3. The summed E-state index contributed by atoms with van der Waals surface area (Å²) in [6.45, 7) is 3.68. The number of aryl methyl sites for hydroxylation is 1. The number of carbonyl (C=O) groups is 1. The van der Waals surface area contributed by atoms with Crippen LogP contribution in [-0.2, 0) is 16.0 Å². The van der Waals surface area contributed by atoms with Crippen LogP contribution in [0.1, 0.15) is 23.3 Å². The van der Waals surface area contributed by atoms with E-state index in [2.05, 4.69) is 15.1 Å². The molecule has 2 aliphatic heterocycles. The smallest absolute Gasteiger partial charge is 0.232 e. The molecular formula is C16H18N4O3. The van der Waals surface area contributed by atoms with E-state index >= 15 is 0 Å². The monoisotopic (exact) mass is 314 g/mol. The predicted octanol–water partition coefficient (Wildman–Crippen LogP) is 0.957. The van der Waals surface area contributed by atoms with Crippen molar-refractivity contribution in [1.29, 1.82) is 0 Å². The summed E-state index contributed by atoms with van der Waals surface area (Å²) in [5.41, 5.74) is 0.791. The van der Waals surface area contributed by atoms with Gasteiger partial charge in [0.1, 0.15) is 0 Å². The molecule has 0 radical (unpaired) electrons. The molecule has 4 heterocycles.